The molecule has 1 atom stereocenters. The van der Waals surface area contributed by atoms with Gasteiger partial charge in [0.05, 0.1) is 6.10 Å². The van der Waals surface area contributed by atoms with Crippen molar-refractivity contribution in [2.45, 2.75) is 49.5 Å². The van der Waals surface area contributed by atoms with Gasteiger partial charge in [-0.2, -0.15) is 0 Å². The second-order valence-electron chi connectivity index (χ2n) is 5.08. The Hall–Kier alpha value is -0.180. The van der Waals surface area contributed by atoms with Crippen LogP contribution in [0.3, 0.4) is 0 Å². The Morgan fingerprint density at radius 3 is 2.33 bits per heavy atom. The molecule has 1 fully saturated rings. The Bertz CT molecular complexity index is 344. The van der Waals surface area contributed by atoms with E-state index in [1.807, 2.05) is 24.3 Å². The highest BCUT2D eigenvalue weighted by Gasteiger charge is 2.20. The van der Waals surface area contributed by atoms with Gasteiger partial charge in [-0.3, -0.25) is 0 Å². The van der Waals surface area contributed by atoms with E-state index in [-0.39, 0.29) is 6.10 Å². The molecule has 1 nitrogen and oxygen atoms in total. The summed E-state index contributed by atoms with van der Waals surface area (Å²) in [7, 11) is 0. The first kappa shape index (κ1) is 14.2. The van der Waals surface area contributed by atoms with Crippen LogP contribution in [0.1, 0.15) is 38.5 Å². The van der Waals surface area contributed by atoms with Crippen molar-refractivity contribution < 1.29 is 5.11 Å². The SMILES string of the molecule is OC(CSc1ccc(Cl)cc1)C1CCCCCC1. The molecule has 0 amide bonds. The Kier molecular flexibility index (Phi) is 5.87. The van der Waals surface area contributed by atoms with Crippen molar-refractivity contribution in [3.63, 3.8) is 0 Å². The van der Waals surface area contributed by atoms with Gasteiger partial charge in [0.15, 0.2) is 0 Å². The highest BCUT2D eigenvalue weighted by molar-refractivity contribution is 7.99. The molecule has 1 aromatic rings. The van der Waals surface area contributed by atoms with Crippen molar-refractivity contribution in [1.82, 2.24) is 0 Å². The molecule has 0 saturated heterocycles. The van der Waals surface area contributed by atoms with Crippen LogP contribution in [0.5, 0.6) is 0 Å². The molecule has 1 aliphatic rings. The molecule has 1 aromatic carbocycles. The van der Waals surface area contributed by atoms with Gasteiger partial charge in [0, 0.05) is 15.7 Å². The number of rotatable bonds is 4. The van der Waals surface area contributed by atoms with Gasteiger partial charge in [-0.15, -0.1) is 11.8 Å². The lowest BCUT2D eigenvalue weighted by Gasteiger charge is -2.20. The highest BCUT2D eigenvalue weighted by Crippen LogP contribution is 2.29. The fourth-order valence-electron chi connectivity index (χ4n) is 2.54. The van der Waals surface area contributed by atoms with Gasteiger partial charge >= 0.3 is 0 Å². The van der Waals surface area contributed by atoms with Gasteiger partial charge in [-0.05, 0) is 43.0 Å². The predicted octanol–water partition coefficient (Wildman–Crippen LogP) is 4.76. The van der Waals surface area contributed by atoms with E-state index in [2.05, 4.69) is 0 Å². The van der Waals surface area contributed by atoms with E-state index in [1.54, 1.807) is 11.8 Å². The second-order valence-corrected chi connectivity index (χ2v) is 6.61. The van der Waals surface area contributed by atoms with Crippen LogP contribution in [0.4, 0.5) is 0 Å². The molecule has 100 valence electrons. The lowest BCUT2D eigenvalue weighted by molar-refractivity contribution is 0.120. The Balaban J connectivity index is 1.79. The van der Waals surface area contributed by atoms with Gasteiger partial charge in [0.1, 0.15) is 0 Å². The van der Waals surface area contributed by atoms with Crippen LogP contribution in [0.2, 0.25) is 5.02 Å². The summed E-state index contributed by atoms with van der Waals surface area (Å²) >= 11 is 7.58. The van der Waals surface area contributed by atoms with Crippen LogP contribution < -0.4 is 0 Å². The molecular weight excluding hydrogens is 264 g/mol. The minimum absolute atomic E-state index is 0.163. The molecule has 0 radical (unpaired) electrons. The monoisotopic (exact) mass is 284 g/mol. The fraction of sp³-hybridized carbons (Fsp3) is 0.600. The van der Waals surface area contributed by atoms with Crippen LogP contribution >= 0.6 is 23.4 Å². The second kappa shape index (κ2) is 7.42. The van der Waals surface area contributed by atoms with E-state index >= 15 is 0 Å². The number of aliphatic hydroxyl groups excluding tert-OH is 1. The third kappa shape index (κ3) is 4.49. The van der Waals surface area contributed by atoms with Crippen LogP contribution in [0.25, 0.3) is 0 Å². The summed E-state index contributed by atoms with van der Waals surface area (Å²) in [5.74, 6) is 1.30. The first-order chi connectivity index (χ1) is 8.75. The van der Waals surface area contributed by atoms with Gasteiger partial charge in [-0.25, -0.2) is 0 Å². The summed E-state index contributed by atoms with van der Waals surface area (Å²) in [6.45, 7) is 0. The average Bonchev–Trinajstić information content (AvgIpc) is 2.66. The zero-order valence-electron chi connectivity index (χ0n) is 10.6. The zero-order chi connectivity index (χ0) is 12.8. The first-order valence-corrected chi connectivity index (χ1v) is 8.18. The molecule has 1 unspecified atom stereocenters. The first-order valence-electron chi connectivity index (χ1n) is 6.82. The largest absolute Gasteiger partial charge is 0.392 e. The van der Waals surface area contributed by atoms with Crippen molar-refractivity contribution >= 4 is 23.4 Å². The Labute approximate surface area is 119 Å². The van der Waals surface area contributed by atoms with Gasteiger partial charge in [0.25, 0.3) is 0 Å². The normalized spacial score (nSPS) is 19.4. The topological polar surface area (TPSA) is 20.2 Å². The molecule has 0 spiro atoms. The fourth-order valence-corrected chi connectivity index (χ4v) is 3.63. The number of halogens is 1. The number of thioether (sulfide) groups is 1. The molecule has 1 saturated carbocycles. The Morgan fingerprint density at radius 2 is 1.72 bits per heavy atom. The van der Waals surface area contributed by atoms with E-state index in [0.717, 1.165) is 10.8 Å². The van der Waals surface area contributed by atoms with Crippen molar-refractivity contribution in [3.05, 3.63) is 29.3 Å². The molecule has 1 aliphatic carbocycles. The van der Waals surface area contributed by atoms with Crippen molar-refractivity contribution in [2.24, 2.45) is 5.92 Å². The predicted molar refractivity (Wildman–Crippen MR) is 79.4 cm³/mol. The summed E-state index contributed by atoms with van der Waals surface area (Å²) in [5.41, 5.74) is 0. The average molecular weight is 285 g/mol. The van der Waals surface area contributed by atoms with Crippen LogP contribution in [0, 0.1) is 5.92 Å². The van der Waals surface area contributed by atoms with Crippen LogP contribution in [-0.4, -0.2) is 17.0 Å². The number of benzene rings is 1. The van der Waals surface area contributed by atoms with Crippen molar-refractivity contribution in [3.8, 4) is 0 Å². The molecule has 0 aromatic heterocycles. The summed E-state index contributed by atoms with van der Waals surface area (Å²) in [4.78, 5) is 1.19. The van der Waals surface area contributed by atoms with E-state index in [0.29, 0.717) is 5.92 Å². The standard InChI is InChI=1S/C15H21ClOS/c16-13-7-9-14(10-8-13)18-11-15(17)12-5-3-1-2-4-6-12/h7-10,12,15,17H,1-6,11H2. The van der Waals surface area contributed by atoms with Gasteiger partial charge in [-0.1, -0.05) is 37.3 Å². The summed E-state index contributed by atoms with van der Waals surface area (Å²) in [5, 5.41) is 11.0. The third-order valence-corrected chi connectivity index (χ3v) is 5.04. The van der Waals surface area contributed by atoms with E-state index in [4.69, 9.17) is 11.6 Å². The maximum absolute atomic E-state index is 10.3. The molecule has 1 N–H and O–H groups in total. The van der Waals surface area contributed by atoms with Crippen molar-refractivity contribution in [2.75, 3.05) is 5.75 Å². The molecule has 0 heterocycles. The Morgan fingerprint density at radius 1 is 1.11 bits per heavy atom. The number of hydrogen-bond donors (Lipinski definition) is 1. The van der Waals surface area contributed by atoms with Gasteiger partial charge < -0.3 is 5.11 Å². The molecule has 0 aliphatic heterocycles. The molecule has 3 heteroatoms. The quantitative estimate of drug-likeness (QED) is 0.635. The molecule has 18 heavy (non-hydrogen) atoms. The van der Waals surface area contributed by atoms with Crippen LogP contribution in [0.15, 0.2) is 29.2 Å². The molecular formula is C15H21ClOS. The summed E-state index contributed by atoms with van der Waals surface area (Å²) in [6.07, 6.45) is 7.48. The molecule has 2 rings (SSSR count). The van der Waals surface area contributed by atoms with Crippen molar-refractivity contribution in [1.29, 1.82) is 0 Å². The minimum Gasteiger partial charge on any atom is -0.392 e. The molecule has 0 bridgehead atoms. The highest BCUT2D eigenvalue weighted by atomic mass is 35.5. The lowest BCUT2D eigenvalue weighted by Crippen LogP contribution is -2.22. The maximum atomic E-state index is 10.3. The van der Waals surface area contributed by atoms with Gasteiger partial charge in [0.2, 0.25) is 0 Å². The summed E-state index contributed by atoms with van der Waals surface area (Å²) < 4.78 is 0. The van der Waals surface area contributed by atoms with E-state index in [1.165, 1.54) is 43.4 Å². The number of aliphatic hydroxyl groups is 1. The number of hydrogen-bond acceptors (Lipinski definition) is 2. The van der Waals surface area contributed by atoms with E-state index in [9.17, 15) is 5.11 Å². The smallest absolute Gasteiger partial charge is 0.0662 e. The summed E-state index contributed by atoms with van der Waals surface area (Å²) in [6, 6.07) is 7.85. The maximum Gasteiger partial charge on any atom is 0.0662 e. The lowest BCUT2D eigenvalue weighted by atomic mass is 9.95. The third-order valence-electron chi connectivity index (χ3n) is 3.68. The minimum atomic E-state index is -0.163. The van der Waals surface area contributed by atoms with E-state index < -0.39 is 0 Å². The zero-order valence-corrected chi connectivity index (χ0v) is 12.2. The van der Waals surface area contributed by atoms with Crippen LogP contribution in [-0.2, 0) is 0 Å².